The highest BCUT2D eigenvalue weighted by atomic mass is 16.5. The van der Waals surface area contributed by atoms with Gasteiger partial charge in [0.15, 0.2) is 5.78 Å². The van der Waals surface area contributed by atoms with Crippen LogP contribution in [-0.2, 0) is 9.59 Å². The number of rotatable bonds is 4. The molecule has 1 aliphatic heterocycles. The van der Waals surface area contributed by atoms with Crippen molar-refractivity contribution in [1.82, 2.24) is 5.32 Å². The molecule has 5 nitrogen and oxygen atoms in total. The van der Waals surface area contributed by atoms with Crippen molar-refractivity contribution >= 4 is 11.7 Å². The van der Waals surface area contributed by atoms with Gasteiger partial charge in [-0.3, -0.25) is 9.59 Å². The quantitative estimate of drug-likeness (QED) is 0.882. The lowest BCUT2D eigenvalue weighted by molar-refractivity contribution is -0.122. The number of para-hydroxylation sites is 1. The Kier molecular flexibility index (Phi) is 4.90. The Balaban J connectivity index is 1.70. The maximum absolute atomic E-state index is 13.2. The molecule has 0 aromatic heterocycles. The van der Waals surface area contributed by atoms with Crippen LogP contribution in [0.3, 0.4) is 0 Å². The first-order chi connectivity index (χ1) is 13.6. The summed E-state index contributed by atoms with van der Waals surface area (Å²) in [5, 5.41) is 2.96. The number of ether oxygens (including phenoxy) is 2. The van der Waals surface area contributed by atoms with Gasteiger partial charge < -0.3 is 14.8 Å². The number of carbonyl (C=O) groups is 2. The molecule has 0 spiro atoms. The van der Waals surface area contributed by atoms with E-state index in [2.05, 4.69) is 5.32 Å². The summed E-state index contributed by atoms with van der Waals surface area (Å²) in [5.74, 6) is 1.32. The summed E-state index contributed by atoms with van der Waals surface area (Å²) in [5.41, 5.74) is 3.45. The molecule has 2 aromatic rings. The Labute approximate surface area is 164 Å². The molecule has 28 heavy (non-hydrogen) atoms. The van der Waals surface area contributed by atoms with Crippen molar-refractivity contribution in [3.63, 3.8) is 0 Å². The van der Waals surface area contributed by atoms with Gasteiger partial charge in [-0.1, -0.05) is 30.3 Å². The SMILES string of the molecule is COc1ccc([C@H]2CC(=O)C3=C(C2)NC(=O)C[C@@H]3c2ccccc2OC)cc1. The van der Waals surface area contributed by atoms with E-state index in [0.717, 1.165) is 28.1 Å². The van der Waals surface area contributed by atoms with E-state index in [-0.39, 0.29) is 29.9 Å². The minimum atomic E-state index is -0.260. The fraction of sp³-hybridized carbons (Fsp3) is 0.304. The van der Waals surface area contributed by atoms with Gasteiger partial charge in [0.2, 0.25) is 5.91 Å². The number of carbonyl (C=O) groups excluding carboxylic acids is 2. The number of hydrogen-bond acceptors (Lipinski definition) is 4. The molecule has 2 aliphatic rings. The Morgan fingerprint density at radius 1 is 0.893 bits per heavy atom. The molecule has 1 N–H and O–H groups in total. The van der Waals surface area contributed by atoms with Gasteiger partial charge in [-0.15, -0.1) is 0 Å². The molecule has 0 saturated heterocycles. The first-order valence-corrected chi connectivity index (χ1v) is 9.43. The highest BCUT2D eigenvalue weighted by molar-refractivity contribution is 6.02. The number of Topliss-reactive ketones (excluding diaryl/α,β-unsaturated/α-hetero) is 1. The van der Waals surface area contributed by atoms with Gasteiger partial charge >= 0.3 is 0 Å². The zero-order valence-electron chi connectivity index (χ0n) is 16.0. The zero-order chi connectivity index (χ0) is 19.7. The number of amides is 1. The lowest BCUT2D eigenvalue weighted by Crippen LogP contribution is -2.38. The van der Waals surface area contributed by atoms with Crippen LogP contribution in [0.1, 0.15) is 42.2 Å². The zero-order valence-corrected chi connectivity index (χ0v) is 16.0. The van der Waals surface area contributed by atoms with Crippen LogP contribution in [0.5, 0.6) is 11.5 Å². The van der Waals surface area contributed by atoms with E-state index in [1.165, 1.54) is 0 Å². The molecular formula is C23H23NO4. The average molecular weight is 377 g/mol. The minimum Gasteiger partial charge on any atom is -0.497 e. The Morgan fingerprint density at radius 2 is 1.64 bits per heavy atom. The van der Waals surface area contributed by atoms with Crippen molar-refractivity contribution < 1.29 is 19.1 Å². The van der Waals surface area contributed by atoms with Gasteiger partial charge in [0.05, 0.1) is 14.2 Å². The molecule has 0 radical (unpaired) electrons. The predicted molar refractivity (Wildman–Crippen MR) is 105 cm³/mol. The van der Waals surface area contributed by atoms with Gasteiger partial charge in [0, 0.05) is 35.6 Å². The molecule has 0 saturated carbocycles. The third kappa shape index (κ3) is 3.28. The summed E-state index contributed by atoms with van der Waals surface area (Å²) < 4.78 is 10.7. The third-order valence-corrected chi connectivity index (χ3v) is 5.64. The van der Waals surface area contributed by atoms with E-state index in [9.17, 15) is 9.59 Å². The molecule has 1 amide bonds. The van der Waals surface area contributed by atoms with E-state index in [1.54, 1.807) is 14.2 Å². The van der Waals surface area contributed by atoms with Crippen LogP contribution >= 0.6 is 0 Å². The molecule has 0 unspecified atom stereocenters. The first kappa shape index (κ1) is 18.3. The standard InChI is InChI=1S/C23H23NO4/c1-27-16-9-7-14(8-10-16)15-11-19-23(20(25)12-15)18(13-22(26)24-19)17-5-3-4-6-21(17)28-2/h3-10,15,18H,11-13H2,1-2H3,(H,24,26)/t15-,18-/m1/s1. The van der Waals surface area contributed by atoms with Crippen molar-refractivity contribution in [3.05, 3.63) is 70.9 Å². The lowest BCUT2D eigenvalue weighted by atomic mass is 9.73. The van der Waals surface area contributed by atoms with Crippen LogP contribution in [0.4, 0.5) is 0 Å². The van der Waals surface area contributed by atoms with Crippen LogP contribution in [0, 0.1) is 0 Å². The van der Waals surface area contributed by atoms with Crippen molar-refractivity contribution in [1.29, 1.82) is 0 Å². The van der Waals surface area contributed by atoms with Gasteiger partial charge in [-0.25, -0.2) is 0 Å². The molecule has 144 valence electrons. The second-order valence-electron chi connectivity index (χ2n) is 7.24. The monoisotopic (exact) mass is 377 g/mol. The Bertz CT molecular complexity index is 945. The van der Waals surface area contributed by atoms with E-state index in [4.69, 9.17) is 9.47 Å². The van der Waals surface area contributed by atoms with Crippen LogP contribution in [0.25, 0.3) is 0 Å². The van der Waals surface area contributed by atoms with Crippen molar-refractivity contribution in [3.8, 4) is 11.5 Å². The summed E-state index contributed by atoms with van der Waals surface area (Å²) in [6.45, 7) is 0. The molecule has 2 atom stereocenters. The average Bonchev–Trinajstić information content (AvgIpc) is 2.72. The summed E-state index contributed by atoms with van der Waals surface area (Å²) in [7, 11) is 3.24. The van der Waals surface area contributed by atoms with Crippen LogP contribution < -0.4 is 14.8 Å². The third-order valence-electron chi connectivity index (χ3n) is 5.64. The van der Waals surface area contributed by atoms with Gasteiger partial charge in [0.1, 0.15) is 11.5 Å². The fourth-order valence-corrected chi connectivity index (χ4v) is 4.29. The number of methoxy groups -OCH3 is 2. The lowest BCUT2D eigenvalue weighted by Gasteiger charge is -2.35. The summed E-state index contributed by atoms with van der Waals surface area (Å²) in [6, 6.07) is 15.4. The van der Waals surface area contributed by atoms with Gasteiger partial charge in [-0.2, -0.15) is 0 Å². The maximum Gasteiger partial charge on any atom is 0.225 e. The highest BCUT2D eigenvalue weighted by Crippen LogP contribution is 2.44. The van der Waals surface area contributed by atoms with Crippen molar-refractivity contribution in [2.24, 2.45) is 0 Å². The Hall–Kier alpha value is -3.08. The van der Waals surface area contributed by atoms with Crippen LogP contribution in [-0.4, -0.2) is 25.9 Å². The molecule has 0 fully saturated rings. The number of ketones is 1. The smallest absolute Gasteiger partial charge is 0.225 e. The maximum atomic E-state index is 13.2. The summed E-state index contributed by atoms with van der Waals surface area (Å²) >= 11 is 0. The summed E-state index contributed by atoms with van der Waals surface area (Å²) in [4.78, 5) is 25.6. The predicted octanol–water partition coefficient (Wildman–Crippen LogP) is 3.71. The Morgan fingerprint density at radius 3 is 2.36 bits per heavy atom. The molecule has 4 rings (SSSR count). The minimum absolute atomic E-state index is 0.0499. The second kappa shape index (κ2) is 7.50. The van der Waals surface area contributed by atoms with Gasteiger partial charge in [-0.05, 0) is 36.1 Å². The van der Waals surface area contributed by atoms with Crippen LogP contribution in [0.15, 0.2) is 59.8 Å². The number of hydrogen-bond donors (Lipinski definition) is 1. The summed E-state index contributed by atoms with van der Waals surface area (Å²) in [6.07, 6.45) is 1.34. The van der Waals surface area contributed by atoms with E-state index in [0.29, 0.717) is 18.6 Å². The topological polar surface area (TPSA) is 64.6 Å². The normalized spacial score (nSPS) is 21.8. The largest absolute Gasteiger partial charge is 0.497 e. The van der Waals surface area contributed by atoms with E-state index < -0.39 is 0 Å². The molecule has 0 bridgehead atoms. The van der Waals surface area contributed by atoms with Crippen LogP contribution in [0.2, 0.25) is 0 Å². The first-order valence-electron chi connectivity index (χ1n) is 9.43. The molecule has 5 heteroatoms. The number of benzene rings is 2. The van der Waals surface area contributed by atoms with E-state index >= 15 is 0 Å². The second-order valence-corrected chi connectivity index (χ2v) is 7.24. The van der Waals surface area contributed by atoms with Crippen molar-refractivity contribution in [2.75, 3.05) is 14.2 Å². The fourth-order valence-electron chi connectivity index (χ4n) is 4.29. The van der Waals surface area contributed by atoms with Crippen molar-refractivity contribution in [2.45, 2.75) is 31.1 Å². The highest BCUT2D eigenvalue weighted by Gasteiger charge is 2.39. The molecule has 1 aliphatic carbocycles. The molecule has 1 heterocycles. The molecule has 2 aromatic carbocycles. The van der Waals surface area contributed by atoms with Gasteiger partial charge in [0.25, 0.3) is 0 Å². The van der Waals surface area contributed by atoms with E-state index in [1.807, 2.05) is 48.5 Å². The number of nitrogens with one attached hydrogen (secondary N) is 1. The molecular weight excluding hydrogens is 354 g/mol. The number of allylic oxidation sites excluding steroid dienone is 2.